The Hall–Kier alpha value is -1.36. The molecule has 2 aliphatic rings. The largest absolute Gasteiger partial charge is 0.352 e. The van der Waals surface area contributed by atoms with Gasteiger partial charge in [-0.15, -0.1) is 0 Å². The van der Waals surface area contributed by atoms with E-state index < -0.39 is 0 Å². The Morgan fingerprint density at radius 2 is 2.30 bits per heavy atom. The van der Waals surface area contributed by atoms with Crippen LogP contribution in [0.25, 0.3) is 0 Å². The van der Waals surface area contributed by atoms with Crippen LogP contribution < -0.4 is 10.6 Å². The molecule has 1 aromatic heterocycles. The Labute approximate surface area is 119 Å². The molecule has 3 N–H and O–H groups in total. The van der Waals surface area contributed by atoms with E-state index in [4.69, 9.17) is 0 Å². The van der Waals surface area contributed by atoms with E-state index in [2.05, 4.69) is 27.5 Å². The summed E-state index contributed by atoms with van der Waals surface area (Å²) in [4.78, 5) is 19.8. The zero-order chi connectivity index (χ0) is 13.9. The van der Waals surface area contributed by atoms with Gasteiger partial charge < -0.3 is 10.3 Å². The van der Waals surface area contributed by atoms with Crippen molar-refractivity contribution in [2.75, 3.05) is 0 Å². The summed E-state index contributed by atoms with van der Waals surface area (Å²) < 4.78 is 0. The smallest absolute Gasteiger partial charge is 0.237 e. The first-order valence-corrected chi connectivity index (χ1v) is 7.82. The number of imidazole rings is 1. The minimum absolute atomic E-state index is 0.134. The highest BCUT2D eigenvalue weighted by atomic mass is 16.2. The van der Waals surface area contributed by atoms with Gasteiger partial charge in [0.05, 0.1) is 23.8 Å². The first-order chi connectivity index (χ1) is 9.78. The van der Waals surface area contributed by atoms with Gasteiger partial charge >= 0.3 is 0 Å². The molecule has 0 bridgehead atoms. The number of aromatic nitrogens is 2. The van der Waals surface area contributed by atoms with Crippen LogP contribution in [0.2, 0.25) is 0 Å². The van der Waals surface area contributed by atoms with Crippen molar-refractivity contribution in [3.63, 3.8) is 0 Å². The SMILES string of the molecule is CCC1CCCCC1NC(=O)C1Cc2nc[nH]c2CN1. The fourth-order valence-corrected chi connectivity index (χ4v) is 3.52. The number of carbonyl (C=O) groups is 1. The first-order valence-electron chi connectivity index (χ1n) is 7.82. The molecule has 1 aliphatic heterocycles. The van der Waals surface area contributed by atoms with E-state index in [-0.39, 0.29) is 11.9 Å². The van der Waals surface area contributed by atoms with E-state index in [9.17, 15) is 4.79 Å². The highest BCUT2D eigenvalue weighted by molar-refractivity contribution is 5.82. The number of nitrogens with zero attached hydrogens (tertiary/aromatic N) is 1. The molecule has 1 amide bonds. The van der Waals surface area contributed by atoms with Crippen molar-refractivity contribution in [3.8, 4) is 0 Å². The van der Waals surface area contributed by atoms with Crippen LogP contribution in [0.5, 0.6) is 0 Å². The van der Waals surface area contributed by atoms with Gasteiger partial charge in [0.25, 0.3) is 0 Å². The second-order valence-electron chi connectivity index (χ2n) is 6.03. The Balaban J connectivity index is 1.59. The average molecular weight is 276 g/mol. The summed E-state index contributed by atoms with van der Waals surface area (Å²) in [6.45, 7) is 2.93. The second-order valence-corrected chi connectivity index (χ2v) is 6.03. The van der Waals surface area contributed by atoms with Crippen molar-refractivity contribution >= 4 is 5.91 Å². The number of nitrogens with one attached hydrogen (secondary N) is 3. The van der Waals surface area contributed by atoms with Crippen LogP contribution in [0.4, 0.5) is 0 Å². The van der Waals surface area contributed by atoms with Gasteiger partial charge in [-0.2, -0.15) is 0 Å². The summed E-state index contributed by atoms with van der Waals surface area (Å²) in [6.07, 6.45) is 8.49. The maximum absolute atomic E-state index is 12.4. The van der Waals surface area contributed by atoms with E-state index in [0.717, 1.165) is 24.2 Å². The van der Waals surface area contributed by atoms with E-state index in [1.54, 1.807) is 6.33 Å². The van der Waals surface area contributed by atoms with Gasteiger partial charge in [0.1, 0.15) is 0 Å². The molecule has 1 fully saturated rings. The highest BCUT2D eigenvalue weighted by Crippen LogP contribution is 2.27. The maximum atomic E-state index is 12.4. The predicted molar refractivity (Wildman–Crippen MR) is 77.1 cm³/mol. The summed E-state index contributed by atoms with van der Waals surface area (Å²) in [5, 5.41) is 6.57. The molecule has 1 aromatic rings. The van der Waals surface area contributed by atoms with Crippen molar-refractivity contribution in [1.29, 1.82) is 0 Å². The normalized spacial score (nSPS) is 29.8. The number of hydrogen-bond donors (Lipinski definition) is 3. The van der Waals surface area contributed by atoms with Crippen LogP contribution >= 0.6 is 0 Å². The van der Waals surface area contributed by atoms with E-state index in [1.807, 2.05) is 0 Å². The summed E-state index contributed by atoms with van der Waals surface area (Å²) in [5.74, 6) is 0.793. The number of aromatic amines is 1. The third kappa shape index (κ3) is 2.73. The van der Waals surface area contributed by atoms with Crippen LogP contribution in [-0.4, -0.2) is 28.0 Å². The Bertz CT molecular complexity index is 470. The molecule has 2 heterocycles. The predicted octanol–water partition coefficient (Wildman–Crippen LogP) is 1.51. The minimum atomic E-state index is -0.134. The van der Waals surface area contributed by atoms with Crippen molar-refractivity contribution in [3.05, 3.63) is 17.7 Å². The van der Waals surface area contributed by atoms with Gasteiger partial charge in [-0.05, 0) is 18.8 Å². The third-order valence-electron chi connectivity index (χ3n) is 4.81. The molecule has 1 saturated carbocycles. The van der Waals surface area contributed by atoms with E-state index >= 15 is 0 Å². The number of fused-ring (bicyclic) bond motifs is 1. The summed E-state index contributed by atoms with van der Waals surface area (Å²) in [5.41, 5.74) is 2.14. The van der Waals surface area contributed by atoms with Crippen molar-refractivity contribution in [1.82, 2.24) is 20.6 Å². The highest BCUT2D eigenvalue weighted by Gasteiger charge is 2.30. The monoisotopic (exact) mass is 276 g/mol. The molecule has 0 spiro atoms. The fourth-order valence-electron chi connectivity index (χ4n) is 3.52. The zero-order valence-corrected chi connectivity index (χ0v) is 12.1. The van der Waals surface area contributed by atoms with Crippen LogP contribution in [0, 0.1) is 5.92 Å². The van der Waals surface area contributed by atoms with Crippen molar-refractivity contribution < 1.29 is 4.79 Å². The molecule has 3 atom stereocenters. The number of H-pyrrole nitrogens is 1. The van der Waals surface area contributed by atoms with Crippen LogP contribution in [0.3, 0.4) is 0 Å². The molecule has 20 heavy (non-hydrogen) atoms. The summed E-state index contributed by atoms with van der Waals surface area (Å²) in [6, 6.07) is 0.230. The molecular weight excluding hydrogens is 252 g/mol. The quantitative estimate of drug-likeness (QED) is 0.784. The van der Waals surface area contributed by atoms with Gasteiger partial charge in [0, 0.05) is 19.0 Å². The molecular formula is C15H24N4O. The first kappa shape index (κ1) is 13.6. The van der Waals surface area contributed by atoms with Crippen LogP contribution in [0.15, 0.2) is 6.33 Å². The van der Waals surface area contributed by atoms with Crippen molar-refractivity contribution in [2.45, 2.75) is 64.1 Å². The molecule has 0 saturated heterocycles. The molecule has 0 aromatic carbocycles. The molecule has 3 unspecified atom stereocenters. The van der Waals surface area contributed by atoms with Gasteiger partial charge in [0.2, 0.25) is 5.91 Å². The molecule has 1 aliphatic carbocycles. The third-order valence-corrected chi connectivity index (χ3v) is 4.81. The van der Waals surface area contributed by atoms with Crippen LogP contribution in [0.1, 0.15) is 50.4 Å². The second kappa shape index (κ2) is 5.95. The molecule has 110 valence electrons. The number of carbonyl (C=O) groups excluding carboxylic acids is 1. The lowest BCUT2D eigenvalue weighted by molar-refractivity contribution is -0.124. The lowest BCUT2D eigenvalue weighted by Gasteiger charge is -2.33. The maximum Gasteiger partial charge on any atom is 0.237 e. The van der Waals surface area contributed by atoms with Gasteiger partial charge in [-0.25, -0.2) is 4.98 Å². The number of rotatable bonds is 3. The Morgan fingerprint density at radius 3 is 3.15 bits per heavy atom. The lowest BCUT2D eigenvalue weighted by atomic mass is 9.82. The van der Waals surface area contributed by atoms with E-state index in [0.29, 0.717) is 24.9 Å². The van der Waals surface area contributed by atoms with Gasteiger partial charge in [0.15, 0.2) is 0 Å². The lowest BCUT2D eigenvalue weighted by Crippen LogP contribution is -2.52. The van der Waals surface area contributed by atoms with Crippen LogP contribution in [-0.2, 0) is 17.8 Å². The molecule has 5 heteroatoms. The van der Waals surface area contributed by atoms with Crippen molar-refractivity contribution in [2.24, 2.45) is 5.92 Å². The molecule has 5 nitrogen and oxygen atoms in total. The average Bonchev–Trinajstić information content (AvgIpc) is 2.95. The standard InChI is InChI=1S/C15H24N4O/c1-2-10-5-3-4-6-11(10)19-15(20)13-7-12-14(8-16-13)18-9-17-12/h9-11,13,16H,2-8H2,1H3,(H,17,18)(H,19,20). The molecule has 3 rings (SSSR count). The summed E-state index contributed by atoms with van der Waals surface area (Å²) >= 11 is 0. The fraction of sp³-hybridized carbons (Fsp3) is 0.733. The molecule has 0 radical (unpaired) electrons. The minimum Gasteiger partial charge on any atom is -0.352 e. The van der Waals surface area contributed by atoms with Gasteiger partial charge in [-0.1, -0.05) is 26.2 Å². The van der Waals surface area contributed by atoms with Gasteiger partial charge in [-0.3, -0.25) is 10.1 Å². The topological polar surface area (TPSA) is 69.8 Å². The number of amides is 1. The number of hydrogen-bond acceptors (Lipinski definition) is 3. The zero-order valence-electron chi connectivity index (χ0n) is 12.1. The Morgan fingerprint density at radius 1 is 1.45 bits per heavy atom. The van der Waals surface area contributed by atoms with E-state index in [1.165, 1.54) is 19.3 Å². The summed E-state index contributed by atoms with van der Waals surface area (Å²) in [7, 11) is 0. The Kier molecular flexibility index (Phi) is 4.05.